The molecule has 1 amide bonds. The number of hydrogen-bond donors (Lipinski definition) is 2. The Bertz CT molecular complexity index is 1100. The molecule has 0 bridgehead atoms. The van der Waals surface area contributed by atoms with Crippen LogP contribution in [0.5, 0.6) is 5.75 Å². The second-order valence-electron chi connectivity index (χ2n) is 5.66. The standard InChI is InChI=1S/C20H15N3O3/c24-19-21-17-12-11-15(13-18(17)22-19)23(14-7-3-1-4-8-14)20(25)26-16-9-5-2-6-10-16/h1-13H,(H2,21,22,24). The van der Waals surface area contributed by atoms with Crippen LogP contribution in [-0.4, -0.2) is 16.1 Å². The number of H-pyrrole nitrogens is 2. The van der Waals surface area contributed by atoms with E-state index in [-0.39, 0.29) is 5.69 Å². The highest BCUT2D eigenvalue weighted by Gasteiger charge is 2.21. The van der Waals surface area contributed by atoms with E-state index in [4.69, 9.17) is 4.74 Å². The van der Waals surface area contributed by atoms with Crippen molar-refractivity contribution in [1.82, 2.24) is 9.97 Å². The number of rotatable bonds is 3. The minimum Gasteiger partial charge on any atom is -0.410 e. The summed E-state index contributed by atoms with van der Waals surface area (Å²) in [6, 6.07) is 23.3. The molecular formula is C20H15N3O3. The van der Waals surface area contributed by atoms with E-state index in [9.17, 15) is 9.59 Å². The molecule has 128 valence electrons. The maximum atomic E-state index is 12.9. The van der Waals surface area contributed by atoms with Crippen molar-refractivity contribution in [2.75, 3.05) is 4.90 Å². The zero-order chi connectivity index (χ0) is 17.9. The quantitative estimate of drug-likeness (QED) is 0.584. The molecule has 4 rings (SSSR count). The fourth-order valence-corrected chi connectivity index (χ4v) is 2.73. The maximum absolute atomic E-state index is 12.9. The second-order valence-corrected chi connectivity index (χ2v) is 5.66. The molecule has 1 aromatic heterocycles. The number of ether oxygens (including phenoxy) is 1. The van der Waals surface area contributed by atoms with Crippen LogP contribution < -0.4 is 15.3 Å². The molecule has 0 unspecified atom stereocenters. The molecule has 26 heavy (non-hydrogen) atoms. The van der Waals surface area contributed by atoms with Crippen molar-refractivity contribution >= 4 is 28.5 Å². The van der Waals surface area contributed by atoms with Crippen molar-refractivity contribution in [3.8, 4) is 5.75 Å². The SMILES string of the molecule is O=C(Oc1ccccc1)N(c1ccccc1)c1ccc2[nH]c(=O)[nH]c2c1. The molecule has 2 N–H and O–H groups in total. The summed E-state index contributed by atoms with van der Waals surface area (Å²) in [6.07, 6.45) is -0.542. The first-order chi connectivity index (χ1) is 12.7. The van der Waals surface area contributed by atoms with E-state index in [1.54, 1.807) is 42.5 Å². The lowest BCUT2D eigenvalue weighted by atomic mass is 10.2. The Morgan fingerprint density at radius 2 is 1.42 bits per heavy atom. The number of fused-ring (bicyclic) bond motifs is 1. The molecule has 0 aliphatic heterocycles. The zero-order valence-corrected chi connectivity index (χ0v) is 13.7. The van der Waals surface area contributed by atoms with Gasteiger partial charge in [0, 0.05) is 0 Å². The number of hydrogen-bond acceptors (Lipinski definition) is 3. The molecule has 0 saturated carbocycles. The summed E-state index contributed by atoms with van der Waals surface area (Å²) in [5, 5.41) is 0. The molecule has 0 radical (unpaired) electrons. The summed E-state index contributed by atoms with van der Waals surface area (Å²) < 4.78 is 5.51. The summed E-state index contributed by atoms with van der Waals surface area (Å²) >= 11 is 0. The number of aromatic nitrogens is 2. The first kappa shape index (κ1) is 15.7. The van der Waals surface area contributed by atoms with Crippen LogP contribution in [0.4, 0.5) is 16.2 Å². The number of aromatic amines is 2. The number of amides is 1. The minimum absolute atomic E-state index is 0.296. The van der Waals surface area contributed by atoms with Crippen LogP contribution in [0.15, 0.2) is 83.7 Å². The van der Waals surface area contributed by atoms with Crippen LogP contribution >= 0.6 is 0 Å². The van der Waals surface area contributed by atoms with Crippen LogP contribution in [0.3, 0.4) is 0 Å². The summed E-state index contributed by atoms with van der Waals surface area (Å²) in [4.78, 5) is 31.2. The van der Waals surface area contributed by atoms with Crippen molar-refractivity contribution in [3.05, 3.63) is 89.3 Å². The lowest BCUT2D eigenvalue weighted by molar-refractivity contribution is 0.210. The Kier molecular flexibility index (Phi) is 3.99. The van der Waals surface area contributed by atoms with Gasteiger partial charge >= 0.3 is 11.8 Å². The van der Waals surface area contributed by atoms with Gasteiger partial charge in [0.15, 0.2) is 0 Å². The first-order valence-electron chi connectivity index (χ1n) is 8.05. The Hall–Kier alpha value is -3.80. The van der Waals surface area contributed by atoms with Gasteiger partial charge in [0.1, 0.15) is 5.75 Å². The van der Waals surface area contributed by atoms with E-state index in [1.165, 1.54) is 4.90 Å². The van der Waals surface area contributed by atoms with Crippen molar-refractivity contribution in [3.63, 3.8) is 0 Å². The zero-order valence-electron chi connectivity index (χ0n) is 13.7. The minimum atomic E-state index is -0.542. The number of carbonyl (C=O) groups excluding carboxylic acids is 1. The molecule has 4 aromatic rings. The number of nitrogens with zero attached hydrogens (tertiary/aromatic N) is 1. The monoisotopic (exact) mass is 345 g/mol. The largest absolute Gasteiger partial charge is 0.424 e. The van der Waals surface area contributed by atoms with Gasteiger partial charge in [-0.2, -0.15) is 0 Å². The fourth-order valence-electron chi connectivity index (χ4n) is 2.73. The highest BCUT2D eigenvalue weighted by atomic mass is 16.6. The third kappa shape index (κ3) is 3.08. The average Bonchev–Trinajstić information content (AvgIpc) is 3.03. The Labute approximate surface area is 148 Å². The van der Waals surface area contributed by atoms with Gasteiger partial charge in [0.25, 0.3) is 0 Å². The van der Waals surface area contributed by atoms with Gasteiger partial charge < -0.3 is 14.7 Å². The van der Waals surface area contributed by atoms with Gasteiger partial charge in [-0.1, -0.05) is 36.4 Å². The van der Waals surface area contributed by atoms with E-state index < -0.39 is 6.09 Å². The predicted octanol–water partition coefficient (Wildman–Crippen LogP) is 4.19. The Balaban J connectivity index is 1.77. The summed E-state index contributed by atoms with van der Waals surface area (Å²) in [7, 11) is 0. The highest BCUT2D eigenvalue weighted by molar-refractivity contribution is 5.98. The molecule has 0 aliphatic carbocycles. The van der Waals surface area contributed by atoms with Gasteiger partial charge in [-0.25, -0.2) is 14.5 Å². The van der Waals surface area contributed by atoms with Gasteiger partial charge in [-0.15, -0.1) is 0 Å². The number of para-hydroxylation sites is 2. The molecule has 0 atom stereocenters. The summed E-state index contributed by atoms with van der Waals surface area (Å²) in [5.74, 6) is 0.453. The maximum Gasteiger partial charge on any atom is 0.424 e. The van der Waals surface area contributed by atoms with E-state index in [0.717, 1.165) is 0 Å². The number of nitrogens with one attached hydrogen (secondary N) is 2. The fraction of sp³-hybridized carbons (Fsp3) is 0. The lowest BCUT2D eigenvalue weighted by Gasteiger charge is -2.22. The molecule has 0 aliphatic rings. The second kappa shape index (κ2) is 6.60. The van der Waals surface area contributed by atoms with Crippen molar-refractivity contribution in [2.24, 2.45) is 0 Å². The van der Waals surface area contributed by atoms with E-state index in [0.29, 0.717) is 28.2 Å². The van der Waals surface area contributed by atoms with Crippen LogP contribution in [0.2, 0.25) is 0 Å². The average molecular weight is 345 g/mol. The van der Waals surface area contributed by atoms with Crippen molar-refractivity contribution in [2.45, 2.75) is 0 Å². The van der Waals surface area contributed by atoms with Crippen LogP contribution in [0.1, 0.15) is 0 Å². The van der Waals surface area contributed by atoms with Crippen LogP contribution in [0, 0.1) is 0 Å². The van der Waals surface area contributed by atoms with E-state index in [1.807, 2.05) is 36.4 Å². The topological polar surface area (TPSA) is 78.2 Å². The van der Waals surface area contributed by atoms with E-state index >= 15 is 0 Å². The Morgan fingerprint density at radius 1 is 0.769 bits per heavy atom. The molecule has 6 heteroatoms. The predicted molar refractivity (Wildman–Crippen MR) is 100.0 cm³/mol. The van der Waals surface area contributed by atoms with Crippen molar-refractivity contribution < 1.29 is 9.53 Å². The lowest BCUT2D eigenvalue weighted by Crippen LogP contribution is -2.29. The molecule has 0 spiro atoms. The van der Waals surface area contributed by atoms with Gasteiger partial charge in [-0.3, -0.25) is 0 Å². The molecule has 0 fully saturated rings. The van der Waals surface area contributed by atoms with Crippen LogP contribution in [0.25, 0.3) is 11.0 Å². The van der Waals surface area contributed by atoms with Gasteiger partial charge in [0.2, 0.25) is 0 Å². The van der Waals surface area contributed by atoms with Crippen LogP contribution in [-0.2, 0) is 0 Å². The number of imidazole rings is 1. The highest BCUT2D eigenvalue weighted by Crippen LogP contribution is 2.28. The third-order valence-electron chi connectivity index (χ3n) is 3.90. The van der Waals surface area contributed by atoms with Gasteiger partial charge in [0.05, 0.1) is 22.4 Å². The smallest absolute Gasteiger partial charge is 0.410 e. The number of anilines is 2. The molecule has 0 saturated heterocycles. The normalized spacial score (nSPS) is 10.6. The Morgan fingerprint density at radius 3 is 2.15 bits per heavy atom. The molecule has 3 aromatic carbocycles. The third-order valence-corrected chi connectivity index (χ3v) is 3.90. The molecule has 1 heterocycles. The van der Waals surface area contributed by atoms with Gasteiger partial charge in [-0.05, 0) is 42.5 Å². The van der Waals surface area contributed by atoms with E-state index in [2.05, 4.69) is 9.97 Å². The first-order valence-corrected chi connectivity index (χ1v) is 8.05. The summed E-state index contributed by atoms with van der Waals surface area (Å²) in [5.41, 5.74) is 2.23. The molecule has 6 nitrogen and oxygen atoms in total. The number of benzene rings is 3. The summed E-state index contributed by atoms with van der Waals surface area (Å²) in [6.45, 7) is 0. The number of carbonyl (C=O) groups is 1. The van der Waals surface area contributed by atoms with Crippen molar-refractivity contribution in [1.29, 1.82) is 0 Å². The molecular weight excluding hydrogens is 330 g/mol.